The molecule has 2 aromatic rings. The lowest BCUT2D eigenvalue weighted by Crippen LogP contribution is -2.09. The molecule has 0 amide bonds. The standard InChI is InChI=1S/C15H19NOS/c1-11-9-13(18-14(11)10-16(2)3)15(17)12-7-5-4-6-8-12/h4-9,15,17H,10H2,1-3H3. The summed E-state index contributed by atoms with van der Waals surface area (Å²) in [5.41, 5.74) is 2.22. The Bertz CT molecular complexity index is 504. The van der Waals surface area contributed by atoms with E-state index in [4.69, 9.17) is 0 Å². The lowest BCUT2D eigenvalue weighted by atomic mass is 10.1. The zero-order chi connectivity index (χ0) is 13.1. The fraction of sp³-hybridized carbons (Fsp3) is 0.333. The van der Waals surface area contributed by atoms with E-state index in [9.17, 15) is 5.11 Å². The molecule has 0 aliphatic heterocycles. The predicted octanol–water partition coefficient (Wildman–Crippen LogP) is 3.20. The van der Waals surface area contributed by atoms with Gasteiger partial charge in [-0.05, 0) is 38.2 Å². The molecule has 18 heavy (non-hydrogen) atoms. The Kier molecular flexibility index (Phi) is 4.17. The van der Waals surface area contributed by atoms with Gasteiger partial charge in [-0.1, -0.05) is 30.3 Å². The van der Waals surface area contributed by atoms with Gasteiger partial charge in [0.2, 0.25) is 0 Å². The highest BCUT2D eigenvalue weighted by molar-refractivity contribution is 7.12. The molecular weight excluding hydrogens is 242 g/mol. The van der Waals surface area contributed by atoms with E-state index < -0.39 is 6.10 Å². The van der Waals surface area contributed by atoms with Crippen LogP contribution in [0.4, 0.5) is 0 Å². The second kappa shape index (κ2) is 5.65. The predicted molar refractivity (Wildman–Crippen MR) is 77.0 cm³/mol. The summed E-state index contributed by atoms with van der Waals surface area (Å²) in [6, 6.07) is 11.9. The number of rotatable bonds is 4. The summed E-state index contributed by atoms with van der Waals surface area (Å²) >= 11 is 1.70. The van der Waals surface area contributed by atoms with Crippen molar-refractivity contribution in [2.45, 2.75) is 19.6 Å². The van der Waals surface area contributed by atoms with Gasteiger partial charge >= 0.3 is 0 Å². The largest absolute Gasteiger partial charge is 0.383 e. The lowest BCUT2D eigenvalue weighted by Gasteiger charge is -2.09. The van der Waals surface area contributed by atoms with Crippen LogP contribution in [-0.2, 0) is 6.54 Å². The number of thiophene rings is 1. The molecule has 0 fully saturated rings. The Morgan fingerprint density at radius 2 is 1.89 bits per heavy atom. The summed E-state index contributed by atoms with van der Waals surface area (Å²) in [5.74, 6) is 0. The molecule has 0 aliphatic carbocycles. The topological polar surface area (TPSA) is 23.5 Å². The third-order valence-electron chi connectivity index (χ3n) is 2.88. The molecule has 0 aliphatic rings. The molecule has 96 valence electrons. The van der Waals surface area contributed by atoms with Crippen LogP contribution in [0.15, 0.2) is 36.4 Å². The van der Waals surface area contributed by atoms with Crippen molar-refractivity contribution in [1.82, 2.24) is 4.90 Å². The highest BCUT2D eigenvalue weighted by atomic mass is 32.1. The Morgan fingerprint density at radius 3 is 2.50 bits per heavy atom. The van der Waals surface area contributed by atoms with E-state index in [0.29, 0.717) is 0 Å². The van der Waals surface area contributed by atoms with E-state index in [1.54, 1.807) is 11.3 Å². The molecule has 1 aromatic heterocycles. The van der Waals surface area contributed by atoms with Crippen molar-refractivity contribution < 1.29 is 5.11 Å². The van der Waals surface area contributed by atoms with E-state index in [-0.39, 0.29) is 0 Å². The normalized spacial score (nSPS) is 12.9. The molecule has 1 N–H and O–H groups in total. The zero-order valence-electron chi connectivity index (χ0n) is 11.1. The SMILES string of the molecule is Cc1cc(C(O)c2ccccc2)sc1CN(C)C. The molecule has 1 atom stereocenters. The molecule has 0 bridgehead atoms. The first-order valence-corrected chi connectivity index (χ1v) is 6.86. The first-order chi connectivity index (χ1) is 8.58. The molecule has 0 spiro atoms. The van der Waals surface area contributed by atoms with Gasteiger partial charge in [0.15, 0.2) is 0 Å². The lowest BCUT2D eigenvalue weighted by molar-refractivity contribution is 0.224. The molecule has 1 aromatic carbocycles. The van der Waals surface area contributed by atoms with Crippen molar-refractivity contribution in [2.75, 3.05) is 14.1 Å². The van der Waals surface area contributed by atoms with E-state index in [0.717, 1.165) is 17.0 Å². The minimum absolute atomic E-state index is 0.509. The second-order valence-electron chi connectivity index (χ2n) is 4.81. The Labute approximate surface area is 113 Å². The average Bonchev–Trinajstić information content (AvgIpc) is 2.70. The van der Waals surface area contributed by atoms with Crippen molar-refractivity contribution in [3.8, 4) is 0 Å². The van der Waals surface area contributed by atoms with Gasteiger partial charge in [0, 0.05) is 16.3 Å². The summed E-state index contributed by atoms with van der Waals surface area (Å²) < 4.78 is 0. The maximum absolute atomic E-state index is 10.4. The van der Waals surface area contributed by atoms with Crippen molar-refractivity contribution in [1.29, 1.82) is 0 Å². The van der Waals surface area contributed by atoms with Crippen LogP contribution in [0, 0.1) is 6.92 Å². The maximum atomic E-state index is 10.4. The summed E-state index contributed by atoms with van der Waals surface area (Å²) in [6.07, 6.45) is -0.509. The third-order valence-corrected chi connectivity index (χ3v) is 4.16. The maximum Gasteiger partial charge on any atom is 0.113 e. The molecule has 1 unspecified atom stereocenters. The minimum Gasteiger partial charge on any atom is -0.383 e. The van der Waals surface area contributed by atoms with Crippen LogP contribution < -0.4 is 0 Å². The number of aliphatic hydroxyl groups is 1. The van der Waals surface area contributed by atoms with Crippen LogP contribution in [0.5, 0.6) is 0 Å². The summed E-state index contributed by atoms with van der Waals surface area (Å²) in [5, 5.41) is 10.4. The Balaban J connectivity index is 2.24. The van der Waals surface area contributed by atoms with Crippen molar-refractivity contribution in [2.24, 2.45) is 0 Å². The number of hydrogen-bond donors (Lipinski definition) is 1. The van der Waals surface area contributed by atoms with Crippen LogP contribution in [0.2, 0.25) is 0 Å². The highest BCUT2D eigenvalue weighted by Crippen LogP contribution is 2.31. The van der Waals surface area contributed by atoms with Crippen molar-refractivity contribution >= 4 is 11.3 Å². The first-order valence-electron chi connectivity index (χ1n) is 6.05. The Morgan fingerprint density at radius 1 is 1.22 bits per heavy atom. The van der Waals surface area contributed by atoms with Gasteiger partial charge in [0.25, 0.3) is 0 Å². The molecule has 2 nitrogen and oxygen atoms in total. The van der Waals surface area contributed by atoms with Gasteiger partial charge < -0.3 is 10.0 Å². The van der Waals surface area contributed by atoms with Crippen LogP contribution >= 0.6 is 11.3 Å². The summed E-state index contributed by atoms with van der Waals surface area (Å²) in [7, 11) is 4.12. The van der Waals surface area contributed by atoms with Gasteiger partial charge in [0.05, 0.1) is 0 Å². The van der Waals surface area contributed by atoms with E-state index in [1.807, 2.05) is 30.3 Å². The molecule has 0 saturated carbocycles. The van der Waals surface area contributed by atoms with Gasteiger partial charge in [-0.2, -0.15) is 0 Å². The molecule has 3 heteroatoms. The number of aryl methyl sites for hydroxylation is 1. The number of hydrogen-bond acceptors (Lipinski definition) is 3. The number of aliphatic hydroxyl groups excluding tert-OH is 1. The van der Waals surface area contributed by atoms with Crippen LogP contribution in [0.3, 0.4) is 0 Å². The van der Waals surface area contributed by atoms with E-state index in [2.05, 4.69) is 32.0 Å². The highest BCUT2D eigenvalue weighted by Gasteiger charge is 2.15. The van der Waals surface area contributed by atoms with Gasteiger partial charge in [-0.25, -0.2) is 0 Å². The molecule has 0 radical (unpaired) electrons. The van der Waals surface area contributed by atoms with Crippen LogP contribution in [0.1, 0.15) is 27.0 Å². The zero-order valence-corrected chi connectivity index (χ0v) is 11.9. The van der Waals surface area contributed by atoms with Gasteiger partial charge in [-0.15, -0.1) is 11.3 Å². The Hall–Kier alpha value is -1.16. The third kappa shape index (κ3) is 2.99. The quantitative estimate of drug-likeness (QED) is 0.913. The molecule has 2 rings (SSSR count). The summed E-state index contributed by atoms with van der Waals surface area (Å²) in [6.45, 7) is 3.04. The monoisotopic (exact) mass is 261 g/mol. The van der Waals surface area contributed by atoms with Crippen LogP contribution in [-0.4, -0.2) is 24.1 Å². The number of nitrogens with zero attached hydrogens (tertiary/aromatic N) is 1. The van der Waals surface area contributed by atoms with Gasteiger partial charge in [0.1, 0.15) is 6.10 Å². The molecule has 1 heterocycles. The van der Waals surface area contributed by atoms with Crippen molar-refractivity contribution in [3.63, 3.8) is 0 Å². The first kappa shape index (κ1) is 13.3. The molecule has 0 saturated heterocycles. The average molecular weight is 261 g/mol. The smallest absolute Gasteiger partial charge is 0.113 e. The fourth-order valence-corrected chi connectivity index (χ4v) is 3.24. The van der Waals surface area contributed by atoms with E-state index in [1.165, 1.54) is 10.4 Å². The van der Waals surface area contributed by atoms with Gasteiger partial charge in [-0.3, -0.25) is 0 Å². The summed E-state index contributed by atoms with van der Waals surface area (Å²) in [4.78, 5) is 4.50. The van der Waals surface area contributed by atoms with Crippen LogP contribution in [0.25, 0.3) is 0 Å². The van der Waals surface area contributed by atoms with Crippen molar-refractivity contribution in [3.05, 3.63) is 57.3 Å². The second-order valence-corrected chi connectivity index (χ2v) is 5.97. The number of benzene rings is 1. The van der Waals surface area contributed by atoms with E-state index >= 15 is 0 Å². The minimum atomic E-state index is -0.509. The fourth-order valence-electron chi connectivity index (χ4n) is 1.92. The molecular formula is C15H19NOS.